The zero-order valence-corrected chi connectivity index (χ0v) is 9.74. The van der Waals surface area contributed by atoms with E-state index in [1.165, 1.54) is 12.8 Å². The molecule has 0 spiro atoms. The third kappa shape index (κ3) is 1.93. The molecule has 0 bridgehead atoms. The van der Waals surface area contributed by atoms with E-state index in [2.05, 4.69) is 16.6 Å². The van der Waals surface area contributed by atoms with Crippen LogP contribution in [0, 0.1) is 0 Å². The van der Waals surface area contributed by atoms with E-state index in [0.29, 0.717) is 6.04 Å². The molecule has 2 aromatic rings. The second kappa shape index (κ2) is 4.07. The van der Waals surface area contributed by atoms with Crippen LogP contribution >= 0.6 is 11.6 Å². The van der Waals surface area contributed by atoms with Gasteiger partial charge in [0.2, 0.25) is 0 Å². The maximum Gasteiger partial charge on any atom is 0.0924 e. The molecule has 0 saturated carbocycles. The Labute approximate surface area is 99.4 Å². The van der Waals surface area contributed by atoms with Gasteiger partial charge >= 0.3 is 0 Å². The first kappa shape index (κ1) is 10.1. The highest BCUT2D eigenvalue weighted by molar-refractivity contribution is 6.31. The van der Waals surface area contributed by atoms with E-state index in [1.54, 1.807) is 0 Å². The molecule has 2 heterocycles. The minimum atomic E-state index is 0.574. The molecule has 3 nitrogen and oxygen atoms in total. The molecule has 0 amide bonds. The van der Waals surface area contributed by atoms with Crippen LogP contribution in [0.2, 0.25) is 5.02 Å². The van der Waals surface area contributed by atoms with Crippen LogP contribution < -0.4 is 5.32 Å². The van der Waals surface area contributed by atoms with Gasteiger partial charge in [0, 0.05) is 22.6 Å². The number of hydrogen-bond acceptors (Lipinski definition) is 2. The Hall–Kier alpha value is -1.06. The average Bonchev–Trinajstić information content (AvgIpc) is 2.86. The summed E-state index contributed by atoms with van der Waals surface area (Å²) in [7, 11) is 0. The first-order valence-electron chi connectivity index (χ1n) is 5.67. The van der Waals surface area contributed by atoms with Gasteiger partial charge in [-0.15, -0.1) is 0 Å². The van der Waals surface area contributed by atoms with Crippen molar-refractivity contribution in [3.8, 4) is 0 Å². The van der Waals surface area contributed by atoms with Crippen LogP contribution in [0.3, 0.4) is 0 Å². The summed E-state index contributed by atoms with van der Waals surface area (Å²) in [4.78, 5) is 0. The molecule has 1 atom stereocenters. The Bertz CT molecular complexity index is 500. The molecule has 4 heteroatoms. The van der Waals surface area contributed by atoms with E-state index in [0.717, 1.165) is 29.0 Å². The lowest BCUT2D eigenvalue weighted by molar-refractivity contribution is 0.479. The topological polar surface area (TPSA) is 29.9 Å². The Kier molecular flexibility index (Phi) is 2.58. The fraction of sp³-hybridized carbons (Fsp3) is 0.417. The molecule has 1 saturated heterocycles. The van der Waals surface area contributed by atoms with Crippen molar-refractivity contribution < 1.29 is 0 Å². The van der Waals surface area contributed by atoms with Gasteiger partial charge in [-0.05, 0) is 37.6 Å². The molecule has 1 aliphatic heterocycles. The summed E-state index contributed by atoms with van der Waals surface area (Å²) in [5, 5.41) is 9.89. The van der Waals surface area contributed by atoms with Gasteiger partial charge in [-0.2, -0.15) is 5.10 Å². The molecule has 1 fully saturated rings. The highest BCUT2D eigenvalue weighted by Crippen LogP contribution is 2.18. The lowest BCUT2D eigenvalue weighted by Crippen LogP contribution is -2.26. The van der Waals surface area contributed by atoms with E-state index in [1.807, 2.05) is 22.9 Å². The van der Waals surface area contributed by atoms with Crippen LogP contribution in [0.5, 0.6) is 0 Å². The quantitative estimate of drug-likeness (QED) is 0.867. The molecule has 16 heavy (non-hydrogen) atoms. The number of nitrogens with one attached hydrogen (secondary N) is 1. The van der Waals surface area contributed by atoms with Crippen LogP contribution in [-0.2, 0) is 6.54 Å². The van der Waals surface area contributed by atoms with E-state index < -0.39 is 0 Å². The van der Waals surface area contributed by atoms with Crippen molar-refractivity contribution in [2.24, 2.45) is 0 Å². The number of halogens is 1. The normalized spacial score (nSPS) is 20.7. The molecule has 1 aromatic heterocycles. The van der Waals surface area contributed by atoms with Crippen LogP contribution in [-0.4, -0.2) is 22.4 Å². The monoisotopic (exact) mass is 235 g/mol. The van der Waals surface area contributed by atoms with E-state index in [9.17, 15) is 0 Å². The van der Waals surface area contributed by atoms with Gasteiger partial charge in [-0.1, -0.05) is 11.6 Å². The van der Waals surface area contributed by atoms with Gasteiger partial charge in [0.1, 0.15) is 0 Å². The standard InChI is InChI=1S/C12H14ClN3/c13-10-3-4-12-9(6-10)7-16(15-12)8-11-2-1-5-14-11/h3-4,6-7,11,14H,1-2,5,8H2. The fourth-order valence-corrected chi connectivity index (χ4v) is 2.46. The predicted octanol–water partition coefficient (Wildman–Crippen LogP) is 2.44. The van der Waals surface area contributed by atoms with Gasteiger partial charge in [-0.3, -0.25) is 4.68 Å². The second-order valence-corrected chi connectivity index (χ2v) is 4.78. The lowest BCUT2D eigenvalue weighted by atomic mass is 10.2. The van der Waals surface area contributed by atoms with E-state index in [4.69, 9.17) is 11.6 Å². The van der Waals surface area contributed by atoms with Crippen LogP contribution in [0.1, 0.15) is 12.8 Å². The predicted molar refractivity (Wildman–Crippen MR) is 65.8 cm³/mol. The molecule has 3 rings (SSSR count). The minimum Gasteiger partial charge on any atom is -0.312 e. The summed E-state index contributed by atoms with van der Waals surface area (Å²) >= 11 is 5.95. The lowest BCUT2D eigenvalue weighted by Gasteiger charge is -2.08. The minimum absolute atomic E-state index is 0.574. The first-order chi connectivity index (χ1) is 7.81. The summed E-state index contributed by atoms with van der Waals surface area (Å²) in [6, 6.07) is 6.39. The summed E-state index contributed by atoms with van der Waals surface area (Å²) in [6.07, 6.45) is 4.59. The summed E-state index contributed by atoms with van der Waals surface area (Å²) in [6.45, 7) is 2.09. The highest BCUT2D eigenvalue weighted by Gasteiger charge is 2.14. The van der Waals surface area contributed by atoms with E-state index in [-0.39, 0.29) is 0 Å². The third-order valence-electron chi connectivity index (χ3n) is 3.08. The van der Waals surface area contributed by atoms with Crippen LogP contribution in [0.15, 0.2) is 24.4 Å². The summed E-state index contributed by atoms with van der Waals surface area (Å²) in [5.74, 6) is 0. The van der Waals surface area contributed by atoms with Crippen molar-refractivity contribution in [2.75, 3.05) is 6.54 Å². The van der Waals surface area contributed by atoms with Gasteiger partial charge in [0.25, 0.3) is 0 Å². The Morgan fingerprint density at radius 1 is 1.50 bits per heavy atom. The zero-order valence-electron chi connectivity index (χ0n) is 8.99. The number of nitrogens with zero attached hydrogens (tertiary/aromatic N) is 2. The van der Waals surface area contributed by atoms with Crippen molar-refractivity contribution >= 4 is 22.5 Å². The Balaban J connectivity index is 1.86. The SMILES string of the molecule is Clc1ccc2nn(CC3CCCN3)cc2c1. The molecule has 1 aliphatic rings. The fourth-order valence-electron chi connectivity index (χ4n) is 2.28. The molecule has 1 N–H and O–H groups in total. The van der Waals surface area contributed by atoms with Crippen LogP contribution in [0.4, 0.5) is 0 Å². The number of hydrogen-bond donors (Lipinski definition) is 1. The molecular formula is C12H14ClN3. The molecule has 84 valence electrons. The van der Waals surface area contributed by atoms with Crippen molar-refractivity contribution in [3.05, 3.63) is 29.4 Å². The Morgan fingerprint density at radius 2 is 2.44 bits per heavy atom. The smallest absolute Gasteiger partial charge is 0.0924 e. The molecular weight excluding hydrogens is 222 g/mol. The number of rotatable bonds is 2. The van der Waals surface area contributed by atoms with Gasteiger partial charge in [-0.25, -0.2) is 0 Å². The molecule has 1 aromatic carbocycles. The summed E-state index contributed by atoms with van der Waals surface area (Å²) < 4.78 is 2.02. The average molecular weight is 236 g/mol. The highest BCUT2D eigenvalue weighted by atomic mass is 35.5. The Morgan fingerprint density at radius 3 is 3.25 bits per heavy atom. The number of aromatic nitrogens is 2. The molecule has 1 unspecified atom stereocenters. The first-order valence-corrected chi connectivity index (χ1v) is 6.05. The van der Waals surface area contributed by atoms with Crippen molar-refractivity contribution in [1.82, 2.24) is 15.1 Å². The van der Waals surface area contributed by atoms with Gasteiger partial charge in [0.05, 0.1) is 12.1 Å². The number of benzene rings is 1. The zero-order chi connectivity index (χ0) is 11.0. The van der Waals surface area contributed by atoms with Gasteiger partial charge < -0.3 is 5.32 Å². The maximum absolute atomic E-state index is 5.95. The molecule has 0 radical (unpaired) electrons. The van der Waals surface area contributed by atoms with Crippen LogP contribution in [0.25, 0.3) is 10.9 Å². The second-order valence-electron chi connectivity index (χ2n) is 4.35. The number of fused-ring (bicyclic) bond motifs is 1. The molecule has 0 aliphatic carbocycles. The van der Waals surface area contributed by atoms with Crippen molar-refractivity contribution in [1.29, 1.82) is 0 Å². The van der Waals surface area contributed by atoms with Gasteiger partial charge in [0.15, 0.2) is 0 Å². The largest absolute Gasteiger partial charge is 0.312 e. The maximum atomic E-state index is 5.95. The third-order valence-corrected chi connectivity index (χ3v) is 3.32. The van der Waals surface area contributed by atoms with Crippen molar-refractivity contribution in [3.63, 3.8) is 0 Å². The summed E-state index contributed by atoms with van der Waals surface area (Å²) in [5.41, 5.74) is 1.02. The van der Waals surface area contributed by atoms with E-state index >= 15 is 0 Å². The van der Waals surface area contributed by atoms with Crippen molar-refractivity contribution in [2.45, 2.75) is 25.4 Å².